The Labute approximate surface area is 131 Å². The zero-order valence-corrected chi connectivity index (χ0v) is 12.3. The highest BCUT2D eigenvalue weighted by molar-refractivity contribution is 5.30. The number of aliphatic hydroxyl groups is 1. The minimum atomic E-state index is -1.05. The number of halogens is 3. The first-order valence-corrected chi connectivity index (χ1v) is 7.40. The number of piperidine rings is 1. The van der Waals surface area contributed by atoms with Crippen LogP contribution in [0, 0.1) is 23.4 Å². The first-order valence-electron chi connectivity index (χ1n) is 7.40. The molecule has 1 atom stereocenters. The second kappa shape index (κ2) is 6.54. The summed E-state index contributed by atoms with van der Waals surface area (Å²) in [6.07, 6.45) is 2.31. The van der Waals surface area contributed by atoms with E-state index >= 15 is 0 Å². The van der Waals surface area contributed by atoms with Crippen LogP contribution in [-0.2, 0) is 0 Å². The average molecular weight is 323 g/mol. The summed E-state index contributed by atoms with van der Waals surface area (Å²) >= 11 is 0. The van der Waals surface area contributed by atoms with Crippen molar-refractivity contribution in [3.63, 3.8) is 0 Å². The molecule has 1 N–H and O–H groups in total. The van der Waals surface area contributed by atoms with Crippen LogP contribution in [0.25, 0.3) is 0 Å². The zero-order valence-electron chi connectivity index (χ0n) is 12.3. The third-order valence-electron chi connectivity index (χ3n) is 4.15. The fraction of sp³-hybridized carbons (Fsp3) is 0.375. The van der Waals surface area contributed by atoms with E-state index in [1.165, 1.54) is 0 Å². The van der Waals surface area contributed by atoms with Gasteiger partial charge in [0.2, 0.25) is 5.95 Å². The predicted molar refractivity (Wildman–Crippen MR) is 78.2 cm³/mol. The first kappa shape index (κ1) is 15.7. The molecule has 2 heterocycles. The van der Waals surface area contributed by atoms with Crippen molar-refractivity contribution >= 4 is 5.95 Å². The van der Waals surface area contributed by atoms with Crippen LogP contribution in [0.4, 0.5) is 19.1 Å². The van der Waals surface area contributed by atoms with Gasteiger partial charge in [-0.25, -0.2) is 23.1 Å². The minimum absolute atomic E-state index is 0.0125. The zero-order chi connectivity index (χ0) is 16.4. The van der Waals surface area contributed by atoms with Gasteiger partial charge in [-0.1, -0.05) is 0 Å². The molecular weight excluding hydrogens is 307 g/mol. The maximum atomic E-state index is 13.8. The molecule has 1 aliphatic heterocycles. The van der Waals surface area contributed by atoms with Crippen LogP contribution in [0.1, 0.15) is 24.5 Å². The Bertz CT molecular complexity index is 673. The minimum Gasteiger partial charge on any atom is -0.388 e. The van der Waals surface area contributed by atoms with Crippen LogP contribution in [0.15, 0.2) is 30.6 Å². The van der Waals surface area contributed by atoms with Crippen molar-refractivity contribution < 1.29 is 18.3 Å². The van der Waals surface area contributed by atoms with E-state index in [-0.39, 0.29) is 11.5 Å². The lowest BCUT2D eigenvalue weighted by Gasteiger charge is -2.34. The van der Waals surface area contributed by atoms with Crippen molar-refractivity contribution in [2.45, 2.75) is 18.9 Å². The van der Waals surface area contributed by atoms with E-state index in [1.807, 2.05) is 4.90 Å². The van der Waals surface area contributed by atoms with Crippen LogP contribution >= 0.6 is 0 Å². The number of anilines is 1. The van der Waals surface area contributed by atoms with Gasteiger partial charge in [0.15, 0.2) is 5.82 Å². The maximum Gasteiger partial charge on any atom is 0.225 e. The molecule has 122 valence electrons. The predicted octanol–water partition coefficient (Wildman–Crippen LogP) is 2.84. The van der Waals surface area contributed by atoms with Crippen LogP contribution < -0.4 is 4.90 Å². The molecule has 1 aromatic carbocycles. The van der Waals surface area contributed by atoms with Gasteiger partial charge in [-0.3, -0.25) is 0 Å². The Morgan fingerprint density at radius 1 is 1.04 bits per heavy atom. The number of rotatable bonds is 3. The summed E-state index contributed by atoms with van der Waals surface area (Å²) in [6.45, 7) is 1.12. The molecule has 2 aromatic rings. The fourth-order valence-electron chi connectivity index (χ4n) is 2.88. The van der Waals surface area contributed by atoms with E-state index < -0.39 is 23.6 Å². The van der Waals surface area contributed by atoms with Gasteiger partial charge in [-0.05, 0) is 37.0 Å². The molecule has 0 aliphatic carbocycles. The number of aromatic nitrogens is 2. The number of hydrogen-bond donors (Lipinski definition) is 1. The molecule has 1 fully saturated rings. The fourth-order valence-corrected chi connectivity index (χ4v) is 2.88. The molecular formula is C16H16F3N3O. The Morgan fingerprint density at radius 3 is 2.35 bits per heavy atom. The standard InChI is InChI=1S/C16H16F3N3O/c17-11-1-2-14(19)13(7-11)15(23)10-3-5-22(6-4-10)16-20-8-12(18)9-21-16/h1-2,7-10,15,23H,3-6H2. The lowest BCUT2D eigenvalue weighted by molar-refractivity contribution is 0.0890. The monoisotopic (exact) mass is 323 g/mol. The average Bonchev–Trinajstić information content (AvgIpc) is 2.57. The second-order valence-electron chi connectivity index (χ2n) is 5.64. The summed E-state index contributed by atoms with van der Waals surface area (Å²) in [7, 11) is 0. The Morgan fingerprint density at radius 2 is 1.70 bits per heavy atom. The van der Waals surface area contributed by atoms with E-state index in [1.54, 1.807) is 0 Å². The molecule has 0 spiro atoms. The third-order valence-corrected chi connectivity index (χ3v) is 4.15. The maximum absolute atomic E-state index is 13.8. The normalized spacial score (nSPS) is 17.3. The van der Waals surface area contributed by atoms with Crippen molar-refractivity contribution in [1.82, 2.24) is 9.97 Å². The second-order valence-corrected chi connectivity index (χ2v) is 5.64. The van der Waals surface area contributed by atoms with E-state index in [4.69, 9.17) is 0 Å². The number of aliphatic hydroxyl groups excluding tert-OH is 1. The van der Waals surface area contributed by atoms with Crippen molar-refractivity contribution in [2.75, 3.05) is 18.0 Å². The molecule has 23 heavy (non-hydrogen) atoms. The molecule has 0 bridgehead atoms. The molecule has 1 aromatic heterocycles. The van der Waals surface area contributed by atoms with Crippen LogP contribution in [0.5, 0.6) is 0 Å². The van der Waals surface area contributed by atoms with E-state index in [9.17, 15) is 18.3 Å². The number of hydrogen-bond acceptors (Lipinski definition) is 4. The van der Waals surface area contributed by atoms with E-state index in [0.29, 0.717) is 31.9 Å². The summed E-state index contributed by atoms with van der Waals surface area (Å²) < 4.78 is 39.9. The Hall–Kier alpha value is -2.15. The SMILES string of the molecule is OC(c1cc(F)ccc1F)C1CCN(c2ncc(F)cn2)CC1. The lowest BCUT2D eigenvalue weighted by atomic mass is 9.87. The Balaban J connectivity index is 1.66. The summed E-state index contributed by atoms with van der Waals surface area (Å²) in [5.74, 6) is -1.43. The van der Waals surface area contributed by atoms with Crippen LogP contribution in [0.2, 0.25) is 0 Å². The van der Waals surface area contributed by atoms with Gasteiger partial charge in [-0.15, -0.1) is 0 Å². The summed E-state index contributed by atoms with van der Waals surface area (Å²) in [5.41, 5.74) is -0.0125. The number of benzene rings is 1. The topological polar surface area (TPSA) is 49.2 Å². The van der Waals surface area contributed by atoms with Crippen molar-refractivity contribution in [3.8, 4) is 0 Å². The smallest absolute Gasteiger partial charge is 0.225 e. The Kier molecular flexibility index (Phi) is 4.47. The van der Waals surface area contributed by atoms with Crippen LogP contribution in [0.3, 0.4) is 0 Å². The molecule has 4 nitrogen and oxygen atoms in total. The summed E-state index contributed by atoms with van der Waals surface area (Å²) in [6, 6.07) is 3.09. The van der Waals surface area contributed by atoms with E-state index in [0.717, 1.165) is 30.6 Å². The summed E-state index contributed by atoms with van der Waals surface area (Å²) in [4.78, 5) is 9.73. The highest BCUT2D eigenvalue weighted by Crippen LogP contribution is 2.33. The molecule has 1 unspecified atom stereocenters. The van der Waals surface area contributed by atoms with Gasteiger partial charge in [0.05, 0.1) is 18.5 Å². The molecule has 0 radical (unpaired) electrons. The molecule has 1 aliphatic rings. The highest BCUT2D eigenvalue weighted by atomic mass is 19.1. The third kappa shape index (κ3) is 3.44. The first-order chi connectivity index (χ1) is 11.0. The summed E-state index contributed by atoms with van der Waals surface area (Å²) in [5, 5.41) is 10.3. The van der Waals surface area contributed by atoms with Gasteiger partial charge >= 0.3 is 0 Å². The highest BCUT2D eigenvalue weighted by Gasteiger charge is 2.29. The molecule has 7 heteroatoms. The molecule has 3 rings (SSSR count). The quantitative estimate of drug-likeness (QED) is 0.944. The van der Waals surface area contributed by atoms with Crippen LogP contribution in [-0.4, -0.2) is 28.2 Å². The molecule has 0 saturated carbocycles. The van der Waals surface area contributed by atoms with Crippen molar-refractivity contribution in [1.29, 1.82) is 0 Å². The van der Waals surface area contributed by atoms with Gasteiger partial charge in [-0.2, -0.15) is 0 Å². The van der Waals surface area contributed by atoms with Gasteiger partial charge < -0.3 is 10.0 Å². The van der Waals surface area contributed by atoms with Crippen molar-refractivity contribution in [2.24, 2.45) is 5.92 Å². The largest absolute Gasteiger partial charge is 0.388 e. The van der Waals surface area contributed by atoms with E-state index in [2.05, 4.69) is 9.97 Å². The van der Waals surface area contributed by atoms with Gasteiger partial charge in [0.1, 0.15) is 11.6 Å². The van der Waals surface area contributed by atoms with Gasteiger partial charge in [0, 0.05) is 18.7 Å². The molecule has 1 saturated heterocycles. The van der Waals surface area contributed by atoms with Crippen molar-refractivity contribution in [3.05, 3.63) is 53.6 Å². The lowest BCUT2D eigenvalue weighted by Crippen LogP contribution is -2.36. The molecule has 0 amide bonds. The van der Waals surface area contributed by atoms with Gasteiger partial charge in [0.25, 0.3) is 0 Å². The number of nitrogens with zero attached hydrogens (tertiary/aromatic N) is 3.